The fourth-order valence-corrected chi connectivity index (χ4v) is 4.16. The van der Waals surface area contributed by atoms with Crippen LogP contribution in [-0.4, -0.2) is 11.7 Å². The van der Waals surface area contributed by atoms with Gasteiger partial charge in [-0.05, 0) is 54.3 Å². The van der Waals surface area contributed by atoms with Crippen molar-refractivity contribution in [3.8, 4) is 0 Å². The molecule has 0 aromatic carbocycles. The quantitative estimate of drug-likeness (QED) is 0.757. The highest BCUT2D eigenvalue weighted by Crippen LogP contribution is 2.63. The highest BCUT2D eigenvalue weighted by molar-refractivity contribution is 5.04. The van der Waals surface area contributed by atoms with Crippen LogP contribution in [0.25, 0.3) is 0 Å². The van der Waals surface area contributed by atoms with E-state index < -0.39 is 0 Å². The number of hydrogen-bond acceptors (Lipinski definition) is 1. The molecule has 0 radical (unpaired) electrons. The molecular weight excluding hydrogens is 184 g/mol. The third-order valence-corrected chi connectivity index (χ3v) is 5.53. The molecule has 3 fully saturated rings. The van der Waals surface area contributed by atoms with Crippen LogP contribution in [0, 0.1) is 35.0 Å². The zero-order valence-electron chi connectivity index (χ0n) is 10.7. The van der Waals surface area contributed by atoms with Gasteiger partial charge in [-0.15, -0.1) is 0 Å². The van der Waals surface area contributed by atoms with Gasteiger partial charge in [-0.3, -0.25) is 0 Å². The van der Waals surface area contributed by atoms with E-state index in [-0.39, 0.29) is 0 Å². The molecule has 0 aliphatic heterocycles. The number of hydrogen-bond donors (Lipinski definition) is 1. The number of rotatable bonds is 3. The van der Waals surface area contributed by atoms with Gasteiger partial charge in [0.05, 0.1) is 0 Å². The van der Waals surface area contributed by atoms with Crippen LogP contribution in [0.15, 0.2) is 0 Å². The molecule has 0 heterocycles. The summed E-state index contributed by atoms with van der Waals surface area (Å²) >= 11 is 0. The van der Waals surface area contributed by atoms with E-state index in [1.54, 1.807) is 0 Å². The van der Waals surface area contributed by atoms with Gasteiger partial charge in [0, 0.05) is 6.61 Å². The lowest BCUT2D eigenvalue weighted by Crippen LogP contribution is -2.55. The largest absolute Gasteiger partial charge is 0.396 e. The van der Waals surface area contributed by atoms with Crippen molar-refractivity contribution < 1.29 is 5.11 Å². The summed E-state index contributed by atoms with van der Waals surface area (Å²) in [4.78, 5) is 0. The van der Waals surface area contributed by atoms with Crippen LogP contribution in [0.2, 0.25) is 0 Å². The van der Waals surface area contributed by atoms with Gasteiger partial charge in [0.2, 0.25) is 0 Å². The Morgan fingerprint density at radius 1 is 1.33 bits per heavy atom. The first-order chi connectivity index (χ1) is 6.96. The first kappa shape index (κ1) is 11.4. The van der Waals surface area contributed by atoms with Gasteiger partial charge in [-0.25, -0.2) is 0 Å². The monoisotopic (exact) mass is 210 g/mol. The molecule has 3 aliphatic rings. The maximum absolute atomic E-state index is 9.13. The Kier molecular flexibility index (Phi) is 2.87. The second-order valence-corrected chi connectivity index (χ2v) is 6.74. The number of aliphatic hydroxyl groups is 1. The van der Waals surface area contributed by atoms with E-state index in [2.05, 4.69) is 27.7 Å². The summed E-state index contributed by atoms with van der Waals surface area (Å²) in [6.07, 6.45) is 4.12. The van der Waals surface area contributed by atoms with Gasteiger partial charge in [0.25, 0.3) is 0 Å². The van der Waals surface area contributed by atoms with E-state index in [4.69, 9.17) is 5.11 Å². The van der Waals surface area contributed by atoms with Gasteiger partial charge in [0.15, 0.2) is 0 Å². The molecule has 0 aromatic heterocycles. The number of aliphatic hydroxyl groups excluding tert-OH is 1. The predicted octanol–water partition coefficient (Wildman–Crippen LogP) is 3.32. The molecule has 3 rings (SSSR count). The van der Waals surface area contributed by atoms with Crippen LogP contribution in [0.3, 0.4) is 0 Å². The van der Waals surface area contributed by atoms with Crippen molar-refractivity contribution in [1.29, 1.82) is 0 Å². The van der Waals surface area contributed by atoms with Crippen LogP contribution in [0.4, 0.5) is 0 Å². The Labute approximate surface area is 94.3 Å². The third-order valence-electron chi connectivity index (χ3n) is 5.53. The van der Waals surface area contributed by atoms with Gasteiger partial charge in [0.1, 0.15) is 0 Å². The molecule has 2 bridgehead atoms. The van der Waals surface area contributed by atoms with E-state index in [9.17, 15) is 0 Å². The van der Waals surface area contributed by atoms with Crippen LogP contribution in [0.5, 0.6) is 0 Å². The minimum atomic E-state index is 0.363. The Balaban J connectivity index is 1.96. The molecule has 0 unspecified atom stereocenters. The summed E-state index contributed by atoms with van der Waals surface area (Å²) in [5, 5.41) is 9.13. The zero-order chi connectivity index (χ0) is 11.2. The van der Waals surface area contributed by atoms with E-state index >= 15 is 0 Å². The fraction of sp³-hybridized carbons (Fsp3) is 1.00. The summed E-state index contributed by atoms with van der Waals surface area (Å²) in [6.45, 7) is 9.89. The second-order valence-electron chi connectivity index (χ2n) is 6.74. The summed E-state index contributed by atoms with van der Waals surface area (Å²) in [6, 6.07) is 0. The SMILES string of the molecule is C[C@@H](CO)C[C@@H]1C[C@@H]2C[C@@H]([C@@H]1C)C2(C)C. The summed E-state index contributed by atoms with van der Waals surface area (Å²) in [5.74, 6) is 4.17. The maximum atomic E-state index is 9.13. The van der Waals surface area contributed by atoms with Crippen molar-refractivity contribution in [2.24, 2.45) is 35.0 Å². The second kappa shape index (κ2) is 3.76. The lowest BCUT2D eigenvalue weighted by Gasteiger charge is -2.62. The molecule has 3 aliphatic carbocycles. The van der Waals surface area contributed by atoms with Crippen LogP contribution < -0.4 is 0 Å². The first-order valence-electron chi connectivity index (χ1n) is 6.57. The summed E-state index contributed by atoms with van der Waals surface area (Å²) in [7, 11) is 0. The Morgan fingerprint density at radius 2 is 2.00 bits per heavy atom. The van der Waals surface area contributed by atoms with Gasteiger partial charge >= 0.3 is 0 Å². The van der Waals surface area contributed by atoms with E-state index in [0.29, 0.717) is 17.9 Å². The van der Waals surface area contributed by atoms with Crippen molar-refractivity contribution in [1.82, 2.24) is 0 Å². The van der Waals surface area contributed by atoms with Gasteiger partial charge < -0.3 is 5.11 Å². The van der Waals surface area contributed by atoms with Crippen LogP contribution in [-0.2, 0) is 0 Å². The van der Waals surface area contributed by atoms with E-state index in [1.807, 2.05) is 0 Å². The molecule has 0 aromatic rings. The molecule has 88 valence electrons. The molecule has 0 saturated heterocycles. The van der Waals surface area contributed by atoms with Gasteiger partial charge in [-0.2, -0.15) is 0 Å². The minimum absolute atomic E-state index is 0.363. The first-order valence-corrected chi connectivity index (χ1v) is 6.57. The molecule has 3 saturated carbocycles. The smallest absolute Gasteiger partial charge is 0.0456 e. The van der Waals surface area contributed by atoms with E-state index in [1.165, 1.54) is 19.3 Å². The van der Waals surface area contributed by atoms with Crippen molar-refractivity contribution >= 4 is 0 Å². The highest BCUT2D eigenvalue weighted by Gasteiger charge is 2.55. The van der Waals surface area contributed by atoms with Crippen molar-refractivity contribution in [2.75, 3.05) is 6.61 Å². The number of fused-ring (bicyclic) bond motifs is 2. The Morgan fingerprint density at radius 3 is 2.47 bits per heavy atom. The lowest BCUT2D eigenvalue weighted by atomic mass is 9.43. The van der Waals surface area contributed by atoms with Crippen molar-refractivity contribution in [3.63, 3.8) is 0 Å². The fourth-order valence-electron chi connectivity index (χ4n) is 4.16. The molecule has 1 N–H and O–H groups in total. The predicted molar refractivity (Wildman–Crippen MR) is 63.5 cm³/mol. The summed E-state index contributed by atoms with van der Waals surface area (Å²) < 4.78 is 0. The molecule has 15 heavy (non-hydrogen) atoms. The molecular formula is C14H26O. The molecule has 0 spiro atoms. The van der Waals surface area contributed by atoms with Crippen LogP contribution >= 0.6 is 0 Å². The molecule has 0 amide bonds. The molecule has 1 nitrogen and oxygen atoms in total. The Hall–Kier alpha value is -0.0400. The van der Waals surface area contributed by atoms with Crippen molar-refractivity contribution in [2.45, 2.75) is 47.0 Å². The lowest BCUT2D eigenvalue weighted by molar-refractivity contribution is -0.132. The summed E-state index contributed by atoms with van der Waals surface area (Å²) in [5.41, 5.74) is 0.609. The maximum Gasteiger partial charge on any atom is 0.0456 e. The molecule has 1 heteroatoms. The van der Waals surface area contributed by atoms with Crippen molar-refractivity contribution in [3.05, 3.63) is 0 Å². The standard InChI is InChI=1S/C14H26O/c1-9(8-15)5-11-6-12-7-13(10(11)2)14(12,3)4/h9-13,15H,5-8H2,1-4H3/t9-,10-,11-,12-,13+/m1/s1. The molecule has 5 atom stereocenters. The van der Waals surface area contributed by atoms with Crippen LogP contribution in [0.1, 0.15) is 47.0 Å². The topological polar surface area (TPSA) is 20.2 Å². The minimum Gasteiger partial charge on any atom is -0.396 e. The Bertz CT molecular complexity index is 233. The average Bonchev–Trinajstić information content (AvgIpc) is 2.19. The average molecular weight is 210 g/mol. The highest BCUT2D eigenvalue weighted by atomic mass is 16.3. The normalized spacial score (nSPS) is 44.6. The van der Waals surface area contributed by atoms with Gasteiger partial charge in [-0.1, -0.05) is 27.7 Å². The zero-order valence-corrected chi connectivity index (χ0v) is 10.7. The third kappa shape index (κ3) is 1.73. The van der Waals surface area contributed by atoms with E-state index in [0.717, 1.165) is 23.7 Å².